The second kappa shape index (κ2) is 8.44. The number of rotatable bonds is 6. The molecule has 3 aromatic rings. The van der Waals surface area contributed by atoms with E-state index in [1.807, 2.05) is 36.4 Å². The van der Waals surface area contributed by atoms with E-state index in [1.54, 1.807) is 0 Å². The van der Waals surface area contributed by atoms with Gasteiger partial charge in [-0.15, -0.1) is 0 Å². The highest BCUT2D eigenvalue weighted by Crippen LogP contribution is 2.31. The zero-order valence-corrected chi connectivity index (χ0v) is 16.3. The molecule has 0 aliphatic carbocycles. The Hall–Kier alpha value is -2.85. The molecule has 28 heavy (non-hydrogen) atoms. The summed E-state index contributed by atoms with van der Waals surface area (Å²) in [6, 6.07) is 24.8. The highest BCUT2D eigenvalue weighted by molar-refractivity contribution is 5.79. The lowest BCUT2D eigenvalue weighted by atomic mass is 9.98. The van der Waals surface area contributed by atoms with E-state index in [1.165, 1.54) is 5.69 Å². The van der Waals surface area contributed by atoms with Gasteiger partial charge in [0.2, 0.25) is 5.91 Å². The van der Waals surface area contributed by atoms with E-state index in [2.05, 4.69) is 64.4 Å². The van der Waals surface area contributed by atoms with Gasteiger partial charge in [0.15, 0.2) is 0 Å². The SMILES string of the molecule is Cn1cccc1[C@@H]1CCCN1CC(=O)NC(c1ccccc1)c1ccccc1. The third-order valence-electron chi connectivity index (χ3n) is 5.61. The quantitative estimate of drug-likeness (QED) is 0.707. The van der Waals surface area contributed by atoms with Gasteiger partial charge in [0, 0.05) is 18.9 Å². The van der Waals surface area contributed by atoms with E-state index in [0.717, 1.165) is 30.5 Å². The molecule has 1 atom stereocenters. The predicted octanol–water partition coefficient (Wildman–Crippen LogP) is 4.07. The lowest BCUT2D eigenvalue weighted by Crippen LogP contribution is -2.39. The fourth-order valence-electron chi connectivity index (χ4n) is 4.21. The molecule has 1 aliphatic rings. The molecule has 0 unspecified atom stereocenters. The van der Waals surface area contributed by atoms with Gasteiger partial charge < -0.3 is 9.88 Å². The Morgan fingerprint density at radius 1 is 1.00 bits per heavy atom. The summed E-state index contributed by atoms with van der Waals surface area (Å²) in [5, 5.41) is 3.27. The van der Waals surface area contributed by atoms with Crippen LogP contribution >= 0.6 is 0 Å². The Bertz CT molecular complexity index is 864. The number of benzene rings is 2. The van der Waals surface area contributed by atoms with Crippen LogP contribution in [0.2, 0.25) is 0 Å². The highest BCUT2D eigenvalue weighted by Gasteiger charge is 2.29. The number of nitrogens with zero attached hydrogens (tertiary/aromatic N) is 2. The molecule has 2 aromatic carbocycles. The molecule has 4 nitrogen and oxygen atoms in total. The van der Waals surface area contributed by atoms with Gasteiger partial charge >= 0.3 is 0 Å². The van der Waals surface area contributed by atoms with E-state index in [0.29, 0.717) is 12.6 Å². The van der Waals surface area contributed by atoms with Crippen molar-refractivity contribution in [3.63, 3.8) is 0 Å². The molecule has 2 heterocycles. The second-order valence-electron chi connectivity index (χ2n) is 7.49. The summed E-state index contributed by atoms with van der Waals surface area (Å²) >= 11 is 0. The van der Waals surface area contributed by atoms with E-state index in [9.17, 15) is 4.79 Å². The maximum atomic E-state index is 13.0. The number of hydrogen-bond acceptors (Lipinski definition) is 2. The molecule has 1 aromatic heterocycles. The Kier molecular flexibility index (Phi) is 5.58. The minimum atomic E-state index is -0.133. The first-order valence-corrected chi connectivity index (χ1v) is 9.97. The summed E-state index contributed by atoms with van der Waals surface area (Å²) in [5.74, 6) is 0.0683. The summed E-state index contributed by atoms with van der Waals surface area (Å²) in [6.07, 6.45) is 4.31. The van der Waals surface area contributed by atoms with Gasteiger partial charge in [0.1, 0.15) is 0 Å². The number of carbonyl (C=O) groups is 1. The maximum absolute atomic E-state index is 13.0. The van der Waals surface area contributed by atoms with E-state index < -0.39 is 0 Å². The van der Waals surface area contributed by atoms with Crippen molar-refractivity contribution < 1.29 is 4.79 Å². The molecular formula is C24H27N3O. The molecule has 0 saturated carbocycles. The molecule has 1 saturated heterocycles. The monoisotopic (exact) mass is 373 g/mol. The summed E-state index contributed by atoms with van der Waals surface area (Å²) < 4.78 is 2.16. The molecule has 4 heteroatoms. The van der Waals surface area contributed by atoms with Crippen LogP contribution in [-0.2, 0) is 11.8 Å². The number of amides is 1. The van der Waals surface area contributed by atoms with Crippen molar-refractivity contribution in [3.05, 3.63) is 95.8 Å². The van der Waals surface area contributed by atoms with Crippen molar-refractivity contribution in [1.29, 1.82) is 0 Å². The van der Waals surface area contributed by atoms with Crippen LogP contribution in [-0.4, -0.2) is 28.5 Å². The second-order valence-corrected chi connectivity index (χ2v) is 7.49. The van der Waals surface area contributed by atoms with Crippen LogP contribution in [0.15, 0.2) is 79.0 Å². The molecule has 1 N–H and O–H groups in total. The Balaban J connectivity index is 1.50. The van der Waals surface area contributed by atoms with Gasteiger partial charge in [0.25, 0.3) is 0 Å². The van der Waals surface area contributed by atoms with Crippen molar-refractivity contribution >= 4 is 5.91 Å². The van der Waals surface area contributed by atoms with Crippen LogP contribution in [0.5, 0.6) is 0 Å². The summed E-state index contributed by atoms with van der Waals surface area (Å²) in [4.78, 5) is 15.3. The van der Waals surface area contributed by atoms with E-state index in [-0.39, 0.29) is 11.9 Å². The molecule has 1 amide bonds. The van der Waals surface area contributed by atoms with Crippen molar-refractivity contribution in [2.45, 2.75) is 24.9 Å². The lowest BCUT2D eigenvalue weighted by Gasteiger charge is -2.26. The normalized spacial score (nSPS) is 17.1. The van der Waals surface area contributed by atoms with Gasteiger partial charge in [-0.2, -0.15) is 0 Å². The maximum Gasteiger partial charge on any atom is 0.234 e. The number of aryl methyl sites for hydroxylation is 1. The van der Waals surface area contributed by atoms with Gasteiger partial charge in [-0.25, -0.2) is 0 Å². The van der Waals surface area contributed by atoms with Crippen molar-refractivity contribution in [2.24, 2.45) is 7.05 Å². The first-order valence-electron chi connectivity index (χ1n) is 9.97. The van der Waals surface area contributed by atoms with Gasteiger partial charge in [0.05, 0.1) is 18.6 Å². The highest BCUT2D eigenvalue weighted by atomic mass is 16.2. The average Bonchev–Trinajstić information content (AvgIpc) is 3.35. The van der Waals surface area contributed by atoms with Crippen LogP contribution in [0.3, 0.4) is 0 Å². The number of aromatic nitrogens is 1. The fourth-order valence-corrected chi connectivity index (χ4v) is 4.21. The summed E-state index contributed by atoms with van der Waals surface area (Å²) in [7, 11) is 2.08. The first kappa shape index (κ1) is 18.5. The van der Waals surface area contributed by atoms with Crippen LogP contribution in [0, 0.1) is 0 Å². The fraction of sp³-hybridized carbons (Fsp3) is 0.292. The Morgan fingerprint density at radius 3 is 2.21 bits per heavy atom. The summed E-state index contributed by atoms with van der Waals surface area (Å²) in [6.45, 7) is 1.39. The molecule has 0 spiro atoms. The summed E-state index contributed by atoms with van der Waals surface area (Å²) in [5.41, 5.74) is 3.48. The van der Waals surface area contributed by atoms with Gasteiger partial charge in [-0.1, -0.05) is 60.7 Å². The zero-order valence-electron chi connectivity index (χ0n) is 16.3. The zero-order chi connectivity index (χ0) is 19.3. The largest absolute Gasteiger partial charge is 0.353 e. The van der Waals surface area contributed by atoms with E-state index >= 15 is 0 Å². The molecule has 144 valence electrons. The van der Waals surface area contributed by atoms with Crippen LogP contribution in [0.1, 0.15) is 41.7 Å². The Morgan fingerprint density at radius 2 is 1.64 bits per heavy atom. The van der Waals surface area contributed by atoms with Gasteiger partial charge in [-0.05, 0) is 42.6 Å². The number of likely N-dealkylation sites (tertiary alicyclic amines) is 1. The number of carbonyl (C=O) groups excluding carboxylic acids is 1. The lowest BCUT2D eigenvalue weighted by molar-refractivity contribution is -0.123. The molecule has 4 rings (SSSR count). The third kappa shape index (κ3) is 4.02. The predicted molar refractivity (Wildman–Crippen MR) is 112 cm³/mol. The van der Waals surface area contributed by atoms with Crippen molar-refractivity contribution in [3.8, 4) is 0 Å². The number of hydrogen-bond donors (Lipinski definition) is 1. The van der Waals surface area contributed by atoms with Crippen LogP contribution < -0.4 is 5.32 Å². The third-order valence-corrected chi connectivity index (χ3v) is 5.61. The first-order chi connectivity index (χ1) is 13.7. The molecular weight excluding hydrogens is 346 g/mol. The van der Waals surface area contributed by atoms with Gasteiger partial charge in [-0.3, -0.25) is 9.69 Å². The average molecular weight is 374 g/mol. The van der Waals surface area contributed by atoms with Crippen LogP contribution in [0.4, 0.5) is 0 Å². The number of nitrogens with one attached hydrogen (secondary N) is 1. The minimum absolute atomic E-state index is 0.0683. The Labute approximate surface area is 166 Å². The van der Waals surface area contributed by atoms with Crippen molar-refractivity contribution in [2.75, 3.05) is 13.1 Å². The smallest absolute Gasteiger partial charge is 0.234 e. The molecule has 1 fully saturated rings. The molecule has 0 radical (unpaired) electrons. The van der Waals surface area contributed by atoms with Crippen LogP contribution in [0.25, 0.3) is 0 Å². The molecule has 0 bridgehead atoms. The topological polar surface area (TPSA) is 37.3 Å². The van der Waals surface area contributed by atoms with Crippen molar-refractivity contribution in [1.82, 2.24) is 14.8 Å². The minimum Gasteiger partial charge on any atom is -0.353 e. The van der Waals surface area contributed by atoms with E-state index in [4.69, 9.17) is 0 Å². The molecule has 1 aliphatic heterocycles. The standard InChI is InChI=1S/C24H27N3O/c1-26-16-8-14-21(26)22-15-9-17-27(22)18-23(28)25-24(19-10-4-2-5-11-19)20-12-6-3-7-13-20/h2-8,10-14,16,22,24H,9,15,17-18H2,1H3,(H,25,28)/t22-/m0/s1.